The fraction of sp³-hybridized carbons (Fsp3) is 0.292. The number of hydrogen-bond donors (Lipinski definition) is 2. The van der Waals surface area contributed by atoms with Crippen molar-refractivity contribution in [3.05, 3.63) is 71.3 Å². The van der Waals surface area contributed by atoms with Crippen molar-refractivity contribution >= 4 is 23.8 Å². The molecule has 164 valence electrons. The second-order valence-corrected chi connectivity index (χ2v) is 7.12. The van der Waals surface area contributed by atoms with Gasteiger partial charge in [-0.25, -0.2) is 0 Å². The van der Waals surface area contributed by atoms with Gasteiger partial charge in [0.15, 0.2) is 6.61 Å². The number of rotatable bonds is 9. The molecule has 0 aliphatic heterocycles. The molecule has 0 spiro atoms. The normalized spacial score (nSPS) is 11.6. The highest BCUT2D eigenvalue weighted by Gasteiger charge is 2.17. The summed E-state index contributed by atoms with van der Waals surface area (Å²) in [7, 11) is 4.92. The Balaban J connectivity index is 2.05. The van der Waals surface area contributed by atoms with Crippen LogP contribution in [0.1, 0.15) is 40.9 Å². The standard InChI is InChI=1S/C24H29N3O4/c1-5-20(19-8-6-7-9-21(19)31-16-23(29)27(3)4)26-22(28)15-12-17-10-13-18(14-11-17)24(30)25-2/h6-15,20H,5,16H2,1-4H3,(H,25,30)(H,26,28)/b15-12-. The third-order valence-corrected chi connectivity index (χ3v) is 4.70. The van der Waals surface area contributed by atoms with Crippen molar-refractivity contribution in [2.45, 2.75) is 19.4 Å². The number of nitrogens with one attached hydrogen (secondary N) is 2. The molecule has 0 saturated carbocycles. The average Bonchev–Trinajstić information content (AvgIpc) is 2.79. The highest BCUT2D eigenvalue weighted by molar-refractivity contribution is 5.95. The van der Waals surface area contributed by atoms with Gasteiger partial charge in [0.25, 0.3) is 11.8 Å². The van der Waals surface area contributed by atoms with Crippen molar-refractivity contribution in [1.82, 2.24) is 15.5 Å². The second-order valence-electron chi connectivity index (χ2n) is 7.12. The van der Waals surface area contributed by atoms with Crippen molar-refractivity contribution in [3.8, 4) is 5.75 Å². The first-order valence-electron chi connectivity index (χ1n) is 10.1. The SMILES string of the molecule is CCC(NC(=O)/C=C\c1ccc(C(=O)NC)cc1)c1ccccc1OCC(=O)N(C)C. The van der Waals surface area contributed by atoms with Crippen molar-refractivity contribution in [3.63, 3.8) is 0 Å². The fourth-order valence-corrected chi connectivity index (χ4v) is 2.85. The topological polar surface area (TPSA) is 87.7 Å². The number of carbonyl (C=O) groups is 3. The molecule has 2 aromatic carbocycles. The molecule has 0 bridgehead atoms. The molecule has 31 heavy (non-hydrogen) atoms. The largest absolute Gasteiger partial charge is 0.483 e. The Morgan fingerprint density at radius 1 is 1.06 bits per heavy atom. The van der Waals surface area contributed by atoms with Gasteiger partial charge in [-0.05, 0) is 36.3 Å². The Morgan fingerprint density at radius 2 is 1.74 bits per heavy atom. The Kier molecular flexibility index (Phi) is 8.81. The van der Waals surface area contributed by atoms with Crippen LogP contribution in [0.2, 0.25) is 0 Å². The van der Waals surface area contributed by atoms with Crippen LogP contribution in [-0.4, -0.2) is 50.4 Å². The van der Waals surface area contributed by atoms with Gasteiger partial charge in [-0.15, -0.1) is 0 Å². The predicted octanol–water partition coefficient (Wildman–Crippen LogP) is 2.79. The maximum atomic E-state index is 12.5. The van der Waals surface area contributed by atoms with Crippen LogP contribution in [0.4, 0.5) is 0 Å². The maximum absolute atomic E-state index is 12.5. The van der Waals surface area contributed by atoms with Crippen molar-refractivity contribution in [2.75, 3.05) is 27.7 Å². The molecular formula is C24H29N3O4. The number of nitrogens with zero attached hydrogens (tertiary/aromatic N) is 1. The van der Waals surface area contributed by atoms with E-state index in [9.17, 15) is 14.4 Å². The quantitative estimate of drug-likeness (QED) is 0.607. The molecule has 0 saturated heterocycles. The highest BCUT2D eigenvalue weighted by atomic mass is 16.5. The number of para-hydroxylation sites is 1. The van der Waals surface area contributed by atoms with Crippen LogP contribution >= 0.6 is 0 Å². The van der Waals surface area contributed by atoms with Gasteiger partial charge in [0, 0.05) is 38.3 Å². The van der Waals surface area contributed by atoms with E-state index in [0.29, 0.717) is 17.7 Å². The summed E-state index contributed by atoms with van der Waals surface area (Å²) in [5.74, 6) is 0.0181. The molecule has 1 atom stereocenters. The molecule has 0 aliphatic rings. The monoisotopic (exact) mass is 423 g/mol. The molecular weight excluding hydrogens is 394 g/mol. The Labute approximate surface area is 183 Å². The van der Waals surface area contributed by atoms with E-state index in [0.717, 1.165) is 11.1 Å². The lowest BCUT2D eigenvalue weighted by atomic mass is 10.0. The van der Waals surface area contributed by atoms with Gasteiger partial charge in [0.2, 0.25) is 5.91 Å². The number of benzene rings is 2. The first-order valence-corrected chi connectivity index (χ1v) is 10.1. The molecule has 2 rings (SSSR count). The number of carbonyl (C=O) groups excluding carboxylic acids is 3. The lowest BCUT2D eigenvalue weighted by molar-refractivity contribution is -0.130. The van der Waals surface area contributed by atoms with Crippen LogP contribution in [0.15, 0.2) is 54.6 Å². The lowest BCUT2D eigenvalue weighted by Gasteiger charge is -2.20. The zero-order valence-electron chi connectivity index (χ0n) is 18.3. The number of ether oxygens (including phenoxy) is 1. The second kappa shape index (κ2) is 11.5. The van der Waals surface area contributed by atoms with Crippen LogP contribution in [0, 0.1) is 0 Å². The summed E-state index contributed by atoms with van der Waals surface area (Å²) in [5, 5.41) is 5.54. The maximum Gasteiger partial charge on any atom is 0.259 e. The molecule has 3 amide bonds. The Hall–Kier alpha value is -3.61. The van der Waals surface area contributed by atoms with E-state index in [4.69, 9.17) is 4.74 Å². The van der Waals surface area contributed by atoms with Crippen molar-refractivity contribution in [2.24, 2.45) is 0 Å². The Morgan fingerprint density at radius 3 is 2.35 bits per heavy atom. The molecule has 0 aromatic heterocycles. The summed E-state index contributed by atoms with van der Waals surface area (Å²) >= 11 is 0. The van der Waals surface area contributed by atoms with Gasteiger partial charge in [-0.2, -0.15) is 0 Å². The first kappa shape index (κ1) is 23.7. The molecule has 0 heterocycles. The third kappa shape index (κ3) is 6.99. The summed E-state index contributed by atoms with van der Waals surface area (Å²) in [6.45, 7) is 1.90. The van der Waals surface area contributed by atoms with E-state index in [1.165, 1.54) is 11.0 Å². The van der Waals surface area contributed by atoms with Crippen LogP contribution in [0.3, 0.4) is 0 Å². The lowest BCUT2D eigenvalue weighted by Crippen LogP contribution is -2.29. The van der Waals surface area contributed by atoms with E-state index in [1.807, 2.05) is 25.1 Å². The Bertz CT molecular complexity index is 936. The van der Waals surface area contributed by atoms with Crippen LogP contribution in [-0.2, 0) is 9.59 Å². The zero-order valence-corrected chi connectivity index (χ0v) is 18.3. The minimum Gasteiger partial charge on any atom is -0.483 e. The molecule has 0 fully saturated rings. The fourth-order valence-electron chi connectivity index (χ4n) is 2.85. The smallest absolute Gasteiger partial charge is 0.259 e. The molecule has 1 unspecified atom stereocenters. The van der Waals surface area contributed by atoms with Crippen LogP contribution in [0.5, 0.6) is 5.75 Å². The van der Waals surface area contributed by atoms with Gasteiger partial charge in [0.1, 0.15) is 5.75 Å². The van der Waals surface area contributed by atoms with E-state index in [-0.39, 0.29) is 30.4 Å². The summed E-state index contributed by atoms with van der Waals surface area (Å²) in [4.78, 5) is 37.4. The first-order chi connectivity index (χ1) is 14.8. The molecule has 0 aliphatic carbocycles. The van der Waals surface area contributed by atoms with Gasteiger partial charge in [-0.1, -0.05) is 37.3 Å². The summed E-state index contributed by atoms with van der Waals surface area (Å²) in [5.41, 5.74) is 2.18. The minimum absolute atomic E-state index is 0.0691. The van der Waals surface area contributed by atoms with Crippen molar-refractivity contribution in [1.29, 1.82) is 0 Å². The van der Waals surface area contributed by atoms with Gasteiger partial charge >= 0.3 is 0 Å². The minimum atomic E-state index is -0.265. The summed E-state index contributed by atoms with van der Waals surface area (Å²) in [6, 6.07) is 14.1. The zero-order chi connectivity index (χ0) is 22.8. The predicted molar refractivity (Wildman–Crippen MR) is 121 cm³/mol. The van der Waals surface area contributed by atoms with E-state index >= 15 is 0 Å². The highest BCUT2D eigenvalue weighted by Crippen LogP contribution is 2.27. The molecule has 0 radical (unpaired) electrons. The summed E-state index contributed by atoms with van der Waals surface area (Å²) in [6.07, 6.45) is 3.80. The number of likely N-dealkylation sites (N-methyl/N-ethyl adjacent to an activating group) is 1. The van der Waals surface area contributed by atoms with Gasteiger partial charge in [-0.3, -0.25) is 14.4 Å². The number of hydrogen-bond acceptors (Lipinski definition) is 4. The molecule has 7 heteroatoms. The van der Waals surface area contributed by atoms with Crippen LogP contribution < -0.4 is 15.4 Å². The van der Waals surface area contributed by atoms with Gasteiger partial charge in [0.05, 0.1) is 6.04 Å². The van der Waals surface area contributed by atoms with E-state index in [1.54, 1.807) is 57.6 Å². The number of amides is 3. The third-order valence-electron chi connectivity index (χ3n) is 4.70. The molecule has 2 aromatic rings. The van der Waals surface area contributed by atoms with Crippen molar-refractivity contribution < 1.29 is 19.1 Å². The molecule has 2 N–H and O–H groups in total. The van der Waals surface area contributed by atoms with Gasteiger partial charge < -0.3 is 20.3 Å². The van der Waals surface area contributed by atoms with E-state index in [2.05, 4.69) is 10.6 Å². The van der Waals surface area contributed by atoms with E-state index < -0.39 is 0 Å². The molecule has 7 nitrogen and oxygen atoms in total. The van der Waals surface area contributed by atoms with Crippen LogP contribution in [0.25, 0.3) is 6.08 Å². The average molecular weight is 424 g/mol. The summed E-state index contributed by atoms with van der Waals surface area (Å²) < 4.78 is 5.70.